The fourth-order valence-corrected chi connectivity index (χ4v) is 4.95. The molecule has 0 radical (unpaired) electrons. The average Bonchev–Trinajstić information content (AvgIpc) is 3.00. The molecule has 248 valence electrons. The number of carbonyl (C=O) groups excluding carboxylic acids is 2. The highest BCUT2D eigenvalue weighted by atomic mass is 16.3. The van der Waals surface area contributed by atoms with Crippen molar-refractivity contribution in [1.82, 2.24) is 26.6 Å². The predicted octanol–water partition coefficient (Wildman–Crippen LogP) is 4.13. The van der Waals surface area contributed by atoms with E-state index in [1.54, 1.807) is 24.3 Å². The third-order valence-corrected chi connectivity index (χ3v) is 7.56. The van der Waals surface area contributed by atoms with Crippen molar-refractivity contribution >= 4 is 11.8 Å². The van der Waals surface area contributed by atoms with Gasteiger partial charge in [-0.25, -0.2) is 0 Å². The van der Waals surface area contributed by atoms with Gasteiger partial charge in [0.1, 0.15) is 11.8 Å². The summed E-state index contributed by atoms with van der Waals surface area (Å²) in [5, 5.41) is 25.9. The largest absolute Gasteiger partial charge is 0.508 e. The monoisotopic (exact) mass is 605 g/mol. The molecule has 0 fully saturated rings. The van der Waals surface area contributed by atoms with Gasteiger partial charge in [0.25, 0.3) is 0 Å². The van der Waals surface area contributed by atoms with Crippen LogP contribution >= 0.6 is 0 Å². The minimum absolute atomic E-state index is 0.117. The Morgan fingerprint density at radius 1 is 0.674 bits per heavy atom. The van der Waals surface area contributed by atoms with Gasteiger partial charge in [-0.1, -0.05) is 57.6 Å². The minimum Gasteiger partial charge on any atom is -0.508 e. The summed E-state index contributed by atoms with van der Waals surface area (Å²) < 4.78 is 0. The van der Waals surface area contributed by atoms with Crippen LogP contribution in [0, 0.1) is 0 Å². The predicted molar refractivity (Wildman–Crippen MR) is 179 cm³/mol. The van der Waals surface area contributed by atoms with E-state index in [1.165, 1.54) is 70.6 Å². The van der Waals surface area contributed by atoms with Gasteiger partial charge in [0.2, 0.25) is 11.8 Å². The molecule has 0 saturated heterocycles. The first-order valence-corrected chi connectivity index (χ1v) is 17.2. The highest BCUT2D eigenvalue weighted by Gasteiger charge is 2.20. The first kappa shape index (κ1) is 38.8. The van der Waals surface area contributed by atoms with Crippen LogP contribution in [0.3, 0.4) is 0 Å². The lowest BCUT2D eigenvalue weighted by atomic mass is 10.0. The Morgan fingerprint density at radius 2 is 1.14 bits per heavy atom. The average molecular weight is 605 g/mol. The third kappa shape index (κ3) is 23.9. The number of nitrogens with two attached hydrogens (primary N) is 1. The molecule has 0 unspecified atom stereocenters. The molecular formula is C34H64N6O3. The van der Waals surface area contributed by atoms with E-state index in [0.717, 1.165) is 70.6 Å². The topological polar surface area (TPSA) is 141 Å². The first-order valence-electron chi connectivity index (χ1n) is 17.2. The van der Waals surface area contributed by atoms with Crippen LogP contribution in [0.2, 0.25) is 0 Å². The van der Waals surface area contributed by atoms with Gasteiger partial charge in [-0.2, -0.15) is 0 Å². The van der Waals surface area contributed by atoms with E-state index in [9.17, 15) is 14.7 Å². The van der Waals surface area contributed by atoms with E-state index in [0.29, 0.717) is 19.4 Å². The van der Waals surface area contributed by atoms with Gasteiger partial charge in [0.05, 0.1) is 0 Å². The van der Waals surface area contributed by atoms with Crippen molar-refractivity contribution in [3.8, 4) is 5.75 Å². The number of phenolic OH excluding ortho intramolecular Hbond substituents is 1. The molecule has 0 saturated carbocycles. The molecule has 2 amide bonds. The first-order chi connectivity index (χ1) is 21.1. The van der Waals surface area contributed by atoms with Gasteiger partial charge in [0, 0.05) is 19.4 Å². The maximum Gasteiger partial charge on any atom is 0.242 e. The zero-order valence-electron chi connectivity index (χ0n) is 27.2. The fraction of sp³-hybridized carbons (Fsp3) is 0.765. The SMILES string of the molecule is CCCC(=O)N[C@H](Cc1ccc(O)cc1)C(=O)NCCCNCCCCCCNCCCCCCNCCCCCCN. The van der Waals surface area contributed by atoms with Gasteiger partial charge in [0.15, 0.2) is 0 Å². The van der Waals surface area contributed by atoms with Crippen LogP contribution < -0.4 is 32.3 Å². The zero-order valence-corrected chi connectivity index (χ0v) is 27.2. The molecule has 1 aromatic rings. The molecule has 0 spiro atoms. The molecule has 0 aliphatic heterocycles. The second kappa shape index (κ2) is 28.6. The van der Waals surface area contributed by atoms with Crippen LogP contribution in [0.25, 0.3) is 0 Å². The highest BCUT2D eigenvalue weighted by Crippen LogP contribution is 2.12. The smallest absolute Gasteiger partial charge is 0.242 e. The van der Waals surface area contributed by atoms with Gasteiger partial charge >= 0.3 is 0 Å². The molecule has 1 rings (SSSR count). The van der Waals surface area contributed by atoms with E-state index < -0.39 is 6.04 Å². The van der Waals surface area contributed by atoms with Crippen LogP contribution in [0.1, 0.15) is 109 Å². The Balaban J connectivity index is 1.92. The number of benzene rings is 1. The lowest BCUT2D eigenvalue weighted by Gasteiger charge is -2.19. The number of carbonyl (C=O) groups is 2. The Morgan fingerprint density at radius 3 is 1.60 bits per heavy atom. The van der Waals surface area contributed by atoms with E-state index in [2.05, 4.69) is 26.6 Å². The number of aromatic hydroxyl groups is 1. The maximum atomic E-state index is 12.8. The van der Waals surface area contributed by atoms with Gasteiger partial charge in [-0.15, -0.1) is 0 Å². The highest BCUT2D eigenvalue weighted by molar-refractivity contribution is 5.87. The van der Waals surface area contributed by atoms with Crippen molar-refractivity contribution in [3.05, 3.63) is 29.8 Å². The van der Waals surface area contributed by atoms with Gasteiger partial charge < -0.3 is 37.4 Å². The molecule has 9 heteroatoms. The van der Waals surface area contributed by atoms with Crippen LogP contribution in [0.15, 0.2) is 24.3 Å². The van der Waals surface area contributed by atoms with Crippen molar-refractivity contribution in [1.29, 1.82) is 0 Å². The molecular weight excluding hydrogens is 540 g/mol. The fourth-order valence-electron chi connectivity index (χ4n) is 4.95. The van der Waals surface area contributed by atoms with E-state index in [-0.39, 0.29) is 17.6 Å². The normalized spacial score (nSPS) is 11.9. The second-order valence-corrected chi connectivity index (χ2v) is 11.7. The Labute approximate surface area is 262 Å². The van der Waals surface area contributed by atoms with Crippen molar-refractivity contribution in [3.63, 3.8) is 0 Å². The molecule has 0 aromatic heterocycles. The molecule has 43 heavy (non-hydrogen) atoms. The van der Waals surface area contributed by atoms with Crippen LogP contribution in [0.4, 0.5) is 0 Å². The van der Waals surface area contributed by atoms with Gasteiger partial charge in [-0.3, -0.25) is 9.59 Å². The number of phenols is 1. The summed E-state index contributed by atoms with van der Waals surface area (Å²) >= 11 is 0. The van der Waals surface area contributed by atoms with E-state index in [1.807, 2.05) is 6.92 Å². The summed E-state index contributed by atoms with van der Waals surface area (Å²) in [6, 6.07) is 6.12. The van der Waals surface area contributed by atoms with Crippen LogP contribution in [0.5, 0.6) is 5.75 Å². The number of hydrogen-bond acceptors (Lipinski definition) is 7. The summed E-state index contributed by atoms with van der Waals surface area (Å²) in [6.45, 7) is 9.75. The Bertz CT molecular complexity index is 793. The summed E-state index contributed by atoms with van der Waals surface area (Å²) in [5.74, 6) is -0.103. The van der Waals surface area contributed by atoms with E-state index in [4.69, 9.17) is 5.73 Å². The summed E-state index contributed by atoms with van der Waals surface area (Å²) in [5.41, 5.74) is 6.41. The third-order valence-electron chi connectivity index (χ3n) is 7.56. The molecule has 9 nitrogen and oxygen atoms in total. The van der Waals surface area contributed by atoms with Crippen molar-refractivity contribution in [2.75, 3.05) is 52.4 Å². The number of rotatable bonds is 30. The summed E-state index contributed by atoms with van der Waals surface area (Å²) in [7, 11) is 0. The molecule has 0 heterocycles. The van der Waals surface area contributed by atoms with Crippen LogP contribution in [-0.4, -0.2) is 75.3 Å². The summed E-state index contributed by atoms with van der Waals surface area (Å²) in [6.07, 6.45) is 17.5. The molecule has 0 bridgehead atoms. The summed E-state index contributed by atoms with van der Waals surface area (Å²) in [4.78, 5) is 24.9. The van der Waals surface area contributed by atoms with Gasteiger partial charge in [-0.05, 0) is 115 Å². The number of nitrogens with one attached hydrogen (secondary N) is 5. The molecule has 1 atom stereocenters. The second-order valence-electron chi connectivity index (χ2n) is 11.7. The van der Waals surface area contributed by atoms with Crippen molar-refractivity contribution in [2.24, 2.45) is 5.73 Å². The van der Waals surface area contributed by atoms with Crippen molar-refractivity contribution < 1.29 is 14.7 Å². The maximum absolute atomic E-state index is 12.8. The lowest BCUT2D eigenvalue weighted by molar-refractivity contribution is -0.129. The Hall–Kier alpha value is -2.20. The van der Waals surface area contributed by atoms with Crippen molar-refractivity contribution in [2.45, 2.75) is 116 Å². The zero-order chi connectivity index (χ0) is 31.2. The van der Waals surface area contributed by atoms with Crippen LogP contribution in [-0.2, 0) is 16.0 Å². The standard InChI is InChI=1S/C34H64N6O3/c1-2-16-33(42)40-32(29-30-17-19-31(41)20-18-30)34(43)39-28-15-27-38-26-14-8-7-13-25-37-24-12-6-5-11-23-36-22-10-4-3-9-21-35/h17-20,32,36-38,41H,2-16,21-29,35H2,1H3,(H,39,43)(H,40,42)/t32-/m1/s1. The lowest BCUT2D eigenvalue weighted by Crippen LogP contribution is -2.48. The number of hydrogen-bond donors (Lipinski definition) is 7. The Kier molecular flexibility index (Phi) is 25.8. The molecule has 0 aliphatic rings. The quantitative estimate of drug-likeness (QED) is 0.0655. The molecule has 1 aromatic carbocycles. The molecule has 8 N–H and O–H groups in total. The van der Waals surface area contributed by atoms with E-state index >= 15 is 0 Å². The number of amides is 2. The minimum atomic E-state index is -0.620. The molecule has 0 aliphatic carbocycles. The number of unbranched alkanes of at least 4 members (excludes halogenated alkanes) is 9.